The summed E-state index contributed by atoms with van der Waals surface area (Å²) in [6.07, 6.45) is 5.33. The fourth-order valence-electron chi connectivity index (χ4n) is 2.54. The number of aromatic carboxylic acids is 1. The third-order valence-electron chi connectivity index (χ3n) is 3.85. The average molecular weight is 356 g/mol. The third-order valence-corrected chi connectivity index (χ3v) is 3.85. The van der Waals surface area contributed by atoms with Crippen molar-refractivity contribution in [2.24, 2.45) is 0 Å². The van der Waals surface area contributed by atoms with Crippen molar-refractivity contribution >= 4 is 18.1 Å². The Morgan fingerprint density at radius 3 is 2.54 bits per heavy atom. The van der Waals surface area contributed by atoms with Crippen molar-refractivity contribution in [3.8, 4) is 11.5 Å². The van der Waals surface area contributed by atoms with Crippen LogP contribution in [0.3, 0.4) is 0 Å². The van der Waals surface area contributed by atoms with Gasteiger partial charge >= 0.3 is 5.97 Å². The largest absolute Gasteiger partial charge is 0.507 e. The zero-order chi connectivity index (χ0) is 19.3. The van der Waals surface area contributed by atoms with Crippen LogP contribution in [0.2, 0.25) is 0 Å². The number of aromatic hydroxyl groups is 1. The average Bonchev–Trinajstić information content (AvgIpc) is 2.57. The van der Waals surface area contributed by atoms with Gasteiger partial charge in [-0.05, 0) is 49.6 Å². The molecule has 0 bridgehead atoms. The van der Waals surface area contributed by atoms with E-state index in [0.29, 0.717) is 23.3 Å². The number of phenols is 1. The summed E-state index contributed by atoms with van der Waals surface area (Å²) in [6.45, 7) is 3.83. The highest BCUT2D eigenvalue weighted by molar-refractivity contribution is 5.97. The molecule has 2 N–H and O–H groups in total. The first-order valence-corrected chi connectivity index (χ1v) is 8.06. The van der Waals surface area contributed by atoms with Crippen molar-refractivity contribution in [3.63, 3.8) is 0 Å². The number of carboxylic acid groups (broad SMARTS) is 1. The fourth-order valence-corrected chi connectivity index (χ4v) is 2.54. The molecule has 0 aliphatic rings. The molecule has 0 aromatic heterocycles. The van der Waals surface area contributed by atoms with Crippen molar-refractivity contribution in [3.05, 3.63) is 70.1 Å². The number of carbonyl (C=O) groups is 1. The summed E-state index contributed by atoms with van der Waals surface area (Å²) < 4.78 is 18.6. The van der Waals surface area contributed by atoms with Gasteiger partial charge in [-0.3, -0.25) is 0 Å². The molecule has 26 heavy (non-hydrogen) atoms. The summed E-state index contributed by atoms with van der Waals surface area (Å²) in [6, 6.07) is 7.48. The molecule has 0 radical (unpaired) electrons. The van der Waals surface area contributed by atoms with Crippen LogP contribution in [0.4, 0.5) is 4.39 Å². The molecule has 0 amide bonds. The van der Waals surface area contributed by atoms with Crippen LogP contribution in [0.1, 0.15) is 40.9 Å². The zero-order valence-electron chi connectivity index (χ0n) is 14.9. The Balaban J connectivity index is 2.56. The topological polar surface area (TPSA) is 66.8 Å². The van der Waals surface area contributed by atoms with E-state index < -0.39 is 5.97 Å². The van der Waals surface area contributed by atoms with Gasteiger partial charge < -0.3 is 14.9 Å². The van der Waals surface area contributed by atoms with Crippen molar-refractivity contribution in [2.45, 2.75) is 20.3 Å². The molecule has 2 aromatic carbocycles. The SMILES string of the molecule is COc1cc(/C=C/c2cccc(F)c2)c(C(=O)O)c(O)c1CC=C(C)C. The van der Waals surface area contributed by atoms with Gasteiger partial charge in [-0.2, -0.15) is 0 Å². The van der Waals surface area contributed by atoms with Gasteiger partial charge in [0.2, 0.25) is 0 Å². The molecular formula is C21H21FO4. The van der Waals surface area contributed by atoms with E-state index in [0.717, 1.165) is 5.57 Å². The zero-order valence-corrected chi connectivity index (χ0v) is 14.9. The number of allylic oxidation sites excluding steroid dienone is 2. The predicted octanol–water partition coefficient (Wildman–Crippen LogP) is 4.92. The lowest BCUT2D eigenvalue weighted by atomic mass is 9.97. The maximum absolute atomic E-state index is 13.3. The first-order valence-electron chi connectivity index (χ1n) is 8.06. The molecule has 0 saturated carbocycles. The number of rotatable bonds is 6. The maximum Gasteiger partial charge on any atom is 0.340 e. The highest BCUT2D eigenvalue weighted by atomic mass is 19.1. The van der Waals surface area contributed by atoms with Gasteiger partial charge in [0.25, 0.3) is 0 Å². The van der Waals surface area contributed by atoms with E-state index in [9.17, 15) is 19.4 Å². The number of carboxylic acids is 1. The number of halogens is 1. The molecule has 0 heterocycles. The molecule has 0 aliphatic heterocycles. The number of benzene rings is 2. The molecule has 0 fully saturated rings. The molecule has 2 aromatic rings. The van der Waals surface area contributed by atoms with Crippen LogP contribution in [-0.2, 0) is 6.42 Å². The van der Waals surface area contributed by atoms with Crippen LogP contribution in [0.5, 0.6) is 11.5 Å². The Morgan fingerprint density at radius 1 is 1.23 bits per heavy atom. The van der Waals surface area contributed by atoms with Gasteiger partial charge in [0, 0.05) is 5.56 Å². The predicted molar refractivity (Wildman–Crippen MR) is 100 cm³/mol. The minimum atomic E-state index is -1.25. The molecule has 0 spiro atoms. The first-order chi connectivity index (χ1) is 12.3. The van der Waals surface area contributed by atoms with Crippen LogP contribution >= 0.6 is 0 Å². The molecule has 0 unspecified atom stereocenters. The van der Waals surface area contributed by atoms with Gasteiger partial charge in [-0.15, -0.1) is 0 Å². The monoisotopic (exact) mass is 356 g/mol. The molecule has 0 aliphatic carbocycles. The molecule has 2 rings (SSSR count). The smallest absolute Gasteiger partial charge is 0.340 e. The Morgan fingerprint density at radius 2 is 1.96 bits per heavy atom. The van der Waals surface area contributed by atoms with E-state index in [1.807, 2.05) is 19.9 Å². The third kappa shape index (κ3) is 4.51. The van der Waals surface area contributed by atoms with E-state index in [2.05, 4.69) is 0 Å². The van der Waals surface area contributed by atoms with Crippen molar-refractivity contribution in [1.82, 2.24) is 0 Å². The van der Waals surface area contributed by atoms with E-state index >= 15 is 0 Å². The number of hydrogen-bond donors (Lipinski definition) is 2. The lowest BCUT2D eigenvalue weighted by molar-refractivity contribution is 0.0693. The summed E-state index contributed by atoms with van der Waals surface area (Å²) in [5.74, 6) is -1.57. The van der Waals surface area contributed by atoms with Gasteiger partial charge in [0.05, 0.1) is 7.11 Å². The van der Waals surface area contributed by atoms with E-state index in [1.165, 1.54) is 25.3 Å². The molecule has 4 nitrogen and oxygen atoms in total. The van der Waals surface area contributed by atoms with Crippen LogP contribution in [-0.4, -0.2) is 23.3 Å². The molecule has 0 atom stereocenters. The number of ether oxygens (including phenoxy) is 1. The van der Waals surface area contributed by atoms with Crippen LogP contribution in [0, 0.1) is 5.82 Å². The fraction of sp³-hybridized carbons (Fsp3) is 0.190. The summed E-state index contributed by atoms with van der Waals surface area (Å²) in [7, 11) is 1.46. The Labute approximate surface area is 151 Å². The van der Waals surface area contributed by atoms with E-state index in [-0.39, 0.29) is 22.7 Å². The summed E-state index contributed by atoms with van der Waals surface area (Å²) in [4.78, 5) is 11.7. The van der Waals surface area contributed by atoms with Crippen molar-refractivity contribution in [1.29, 1.82) is 0 Å². The van der Waals surface area contributed by atoms with Crippen molar-refractivity contribution < 1.29 is 24.1 Å². The molecule has 136 valence electrons. The van der Waals surface area contributed by atoms with Gasteiger partial charge in [-0.25, -0.2) is 9.18 Å². The number of methoxy groups -OCH3 is 1. The second-order valence-electron chi connectivity index (χ2n) is 6.05. The standard InChI is InChI=1S/C21H21FO4/c1-13(2)7-10-17-18(26-3)12-15(19(20(17)23)21(24)25)9-8-14-5-4-6-16(22)11-14/h4-9,11-12,23H,10H2,1-3H3,(H,24,25)/b9-8+. The minimum Gasteiger partial charge on any atom is -0.507 e. The number of hydrogen-bond acceptors (Lipinski definition) is 3. The van der Waals surface area contributed by atoms with E-state index in [4.69, 9.17) is 4.74 Å². The van der Waals surface area contributed by atoms with E-state index in [1.54, 1.807) is 24.3 Å². The Kier molecular flexibility index (Phi) is 6.17. The van der Waals surface area contributed by atoms with Gasteiger partial charge in [0.15, 0.2) is 0 Å². The lowest BCUT2D eigenvalue weighted by Gasteiger charge is -2.14. The van der Waals surface area contributed by atoms with Crippen LogP contribution in [0.25, 0.3) is 12.2 Å². The highest BCUT2D eigenvalue weighted by Crippen LogP contribution is 2.36. The Bertz CT molecular complexity index is 878. The molecule has 5 heteroatoms. The summed E-state index contributed by atoms with van der Waals surface area (Å²) >= 11 is 0. The second kappa shape index (κ2) is 8.34. The summed E-state index contributed by atoms with van der Waals surface area (Å²) in [5.41, 5.74) is 2.09. The highest BCUT2D eigenvalue weighted by Gasteiger charge is 2.21. The normalized spacial score (nSPS) is 10.8. The second-order valence-corrected chi connectivity index (χ2v) is 6.05. The van der Waals surface area contributed by atoms with Crippen LogP contribution in [0.15, 0.2) is 42.0 Å². The lowest BCUT2D eigenvalue weighted by Crippen LogP contribution is -2.04. The van der Waals surface area contributed by atoms with Crippen LogP contribution < -0.4 is 4.74 Å². The Hall–Kier alpha value is -3.08. The first kappa shape index (κ1) is 19.2. The minimum absolute atomic E-state index is 0.212. The molecule has 0 saturated heterocycles. The molecular weight excluding hydrogens is 335 g/mol. The maximum atomic E-state index is 13.3. The van der Waals surface area contributed by atoms with Crippen molar-refractivity contribution in [2.75, 3.05) is 7.11 Å². The van der Waals surface area contributed by atoms with Gasteiger partial charge in [-0.1, -0.05) is 35.9 Å². The van der Waals surface area contributed by atoms with Gasteiger partial charge in [0.1, 0.15) is 22.9 Å². The quantitative estimate of drug-likeness (QED) is 0.570. The summed E-state index contributed by atoms with van der Waals surface area (Å²) in [5, 5.41) is 20.1.